The van der Waals surface area contributed by atoms with Crippen molar-refractivity contribution in [2.45, 2.75) is 6.04 Å². The van der Waals surface area contributed by atoms with Gasteiger partial charge in [0, 0.05) is 18.7 Å². The maximum atomic E-state index is 12.3. The molecule has 3 N–H and O–H groups in total. The maximum absolute atomic E-state index is 12.3. The first-order valence-corrected chi connectivity index (χ1v) is 6.61. The van der Waals surface area contributed by atoms with Crippen LogP contribution in [0.3, 0.4) is 0 Å². The number of nitrogens with two attached hydrogens (primary N) is 1. The van der Waals surface area contributed by atoms with Crippen LogP contribution in [0, 0.1) is 0 Å². The molecule has 1 aromatic carbocycles. The summed E-state index contributed by atoms with van der Waals surface area (Å²) in [5.74, 6) is 0.575. The first kappa shape index (κ1) is 15.1. The summed E-state index contributed by atoms with van der Waals surface area (Å²) < 4.78 is 10.5. The highest BCUT2D eigenvalue weighted by molar-refractivity contribution is 5.91. The molecule has 1 aliphatic heterocycles. The second-order valence-electron chi connectivity index (χ2n) is 4.59. The van der Waals surface area contributed by atoms with Crippen LogP contribution in [0.25, 0.3) is 0 Å². The number of methoxy groups -OCH3 is 2. The SMILES string of the molecule is COc1ccc(OC)c(C2C(=O)NCCN2C(=O)CN)c1. The van der Waals surface area contributed by atoms with E-state index in [1.54, 1.807) is 18.2 Å². The minimum Gasteiger partial charge on any atom is -0.497 e. The molecule has 0 bridgehead atoms. The molecular formula is C14H19N3O4. The Kier molecular flexibility index (Phi) is 4.64. The van der Waals surface area contributed by atoms with Gasteiger partial charge in [0.25, 0.3) is 0 Å². The lowest BCUT2D eigenvalue weighted by Crippen LogP contribution is -2.53. The van der Waals surface area contributed by atoms with Crippen molar-refractivity contribution in [3.63, 3.8) is 0 Å². The summed E-state index contributed by atoms with van der Waals surface area (Å²) in [5, 5.41) is 2.76. The molecule has 2 rings (SSSR count). The monoisotopic (exact) mass is 293 g/mol. The minimum atomic E-state index is -0.764. The summed E-state index contributed by atoms with van der Waals surface area (Å²) in [6.07, 6.45) is 0. The van der Waals surface area contributed by atoms with Crippen LogP contribution < -0.4 is 20.5 Å². The van der Waals surface area contributed by atoms with Crippen LogP contribution in [-0.4, -0.2) is 50.6 Å². The van der Waals surface area contributed by atoms with Crippen molar-refractivity contribution in [1.29, 1.82) is 0 Å². The standard InChI is InChI=1S/C14H19N3O4/c1-20-9-3-4-11(21-2)10(7-9)13-14(19)16-5-6-17(13)12(18)8-15/h3-4,7,13H,5-6,8,15H2,1-2H3,(H,16,19). The van der Waals surface area contributed by atoms with Crippen LogP contribution in [0.4, 0.5) is 0 Å². The Balaban J connectivity index is 2.48. The van der Waals surface area contributed by atoms with E-state index in [-0.39, 0.29) is 18.4 Å². The van der Waals surface area contributed by atoms with Crippen molar-refractivity contribution in [3.05, 3.63) is 23.8 Å². The number of nitrogens with zero attached hydrogens (tertiary/aromatic N) is 1. The van der Waals surface area contributed by atoms with Crippen molar-refractivity contribution in [2.75, 3.05) is 33.9 Å². The van der Waals surface area contributed by atoms with Crippen molar-refractivity contribution in [3.8, 4) is 11.5 Å². The molecule has 7 nitrogen and oxygen atoms in total. The second kappa shape index (κ2) is 6.45. The molecule has 1 fully saturated rings. The Morgan fingerprint density at radius 1 is 1.43 bits per heavy atom. The van der Waals surface area contributed by atoms with Crippen molar-refractivity contribution >= 4 is 11.8 Å². The van der Waals surface area contributed by atoms with E-state index >= 15 is 0 Å². The maximum Gasteiger partial charge on any atom is 0.247 e. The number of hydrogen-bond acceptors (Lipinski definition) is 5. The van der Waals surface area contributed by atoms with Gasteiger partial charge in [0.2, 0.25) is 11.8 Å². The molecule has 0 spiro atoms. The lowest BCUT2D eigenvalue weighted by atomic mass is 10.0. The Bertz CT molecular complexity index is 547. The number of carbonyl (C=O) groups is 2. The largest absolute Gasteiger partial charge is 0.497 e. The third-order valence-corrected chi connectivity index (χ3v) is 3.44. The molecule has 2 amide bonds. The number of rotatable bonds is 4. The van der Waals surface area contributed by atoms with Gasteiger partial charge in [-0.1, -0.05) is 0 Å². The van der Waals surface area contributed by atoms with E-state index in [1.807, 2.05) is 0 Å². The molecule has 1 aromatic rings. The van der Waals surface area contributed by atoms with Crippen LogP contribution in [0.5, 0.6) is 11.5 Å². The number of ether oxygens (including phenoxy) is 2. The van der Waals surface area contributed by atoms with Crippen LogP contribution in [-0.2, 0) is 9.59 Å². The molecule has 0 radical (unpaired) electrons. The quantitative estimate of drug-likeness (QED) is 0.792. The Hall–Kier alpha value is -2.28. The van der Waals surface area contributed by atoms with Crippen molar-refractivity contribution in [1.82, 2.24) is 10.2 Å². The minimum absolute atomic E-state index is 0.143. The average molecular weight is 293 g/mol. The highest BCUT2D eigenvalue weighted by Crippen LogP contribution is 2.33. The van der Waals surface area contributed by atoms with Gasteiger partial charge >= 0.3 is 0 Å². The van der Waals surface area contributed by atoms with E-state index in [2.05, 4.69) is 5.32 Å². The van der Waals surface area contributed by atoms with E-state index in [1.165, 1.54) is 19.1 Å². The molecule has 0 aromatic heterocycles. The van der Waals surface area contributed by atoms with E-state index in [9.17, 15) is 9.59 Å². The van der Waals surface area contributed by atoms with Crippen LogP contribution >= 0.6 is 0 Å². The van der Waals surface area contributed by atoms with E-state index in [4.69, 9.17) is 15.2 Å². The zero-order chi connectivity index (χ0) is 15.4. The number of nitrogens with one attached hydrogen (secondary N) is 1. The van der Waals surface area contributed by atoms with Crippen molar-refractivity contribution < 1.29 is 19.1 Å². The molecule has 114 valence electrons. The van der Waals surface area contributed by atoms with E-state index < -0.39 is 6.04 Å². The molecule has 1 saturated heterocycles. The molecule has 1 unspecified atom stereocenters. The average Bonchev–Trinajstić information content (AvgIpc) is 2.53. The number of amides is 2. The third kappa shape index (κ3) is 2.92. The van der Waals surface area contributed by atoms with Gasteiger partial charge < -0.3 is 25.4 Å². The second-order valence-corrected chi connectivity index (χ2v) is 4.59. The molecule has 1 heterocycles. The summed E-state index contributed by atoms with van der Waals surface area (Å²) in [7, 11) is 3.05. The van der Waals surface area contributed by atoms with Gasteiger partial charge in [0.15, 0.2) is 0 Å². The summed E-state index contributed by atoms with van der Waals surface area (Å²) in [6, 6.07) is 4.38. The predicted octanol–water partition coefficient (Wildman–Crippen LogP) is -0.338. The predicted molar refractivity (Wildman–Crippen MR) is 76.1 cm³/mol. The molecule has 1 atom stereocenters. The van der Waals surface area contributed by atoms with Crippen LogP contribution in [0.2, 0.25) is 0 Å². The zero-order valence-corrected chi connectivity index (χ0v) is 12.1. The van der Waals surface area contributed by atoms with E-state index in [0.717, 1.165) is 0 Å². The highest BCUT2D eigenvalue weighted by Gasteiger charge is 2.35. The summed E-state index contributed by atoms with van der Waals surface area (Å²) >= 11 is 0. The summed E-state index contributed by atoms with van der Waals surface area (Å²) in [4.78, 5) is 25.7. The Labute approximate surface area is 123 Å². The molecule has 7 heteroatoms. The van der Waals surface area contributed by atoms with Gasteiger partial charge in [0.05, 0.1) is 20.8 Å². The number of hydrogen-bond donors (Lipinski definition) is 2. The molecular weight excluding hydrogens is 274 g/mol. The van der Waals surface area contributed by atoms with Crippen LogP contribution in [0.1, 0.15) is 11.6 Å². The Morgan fingerprint density at radius 2 is 2.19 bits per heavy atom. The van der Waals surface area contributed by atoms with E-state index in [0.29, 0.717) is 30.2 Å². The fourth-order valence-electron chi connectivity index (χ4n) is 2.42. The normalized spacial score (nSPS) is 18.1. The first-order chi connectivity index (χ1) is 10.1. The fourth-order valence-corrected chi connectivity index (χ4v) is 2.42. The van der Waals surface area contributed by atoms with Gasteiger partial charge in [0.1, 0.15) is 17.5 Å². The number of piperazine rings is 1. The Morgan fingerprint density at radius 3 is 2.81 bits per heavy atom. The highest BCUT2D eigenvalue weighted by atomic mass is 16.5. The summed E-state index contributed by atoms with van der Waals surface area (Å²) in [6.45, 7) is 0.677. The molecule has 0 saturated carbocycles. The molecule has 1 aliphatic rings. The third-order valence-electron chi connectivity index (χ3n) is 3.44. The lowest BCUT2D eigenvalue weighted by molar-refractivity contribution is -0.142. The summed E-state index contributed by atoms with van der Waals surface area (Å²) in [5.41, 5.74) is 6.02. The number of carbonyl (C=O) groups excluding carboxylic acids is 2. The lowest BCUT2D eigenvalue weighted by Gasteiger charge is -2.35. The smallest absolute Gasteiger partial charge is 0.247 e. The topological polar surface area (TPSA) is 93.9 Å². The van der Waals surface area contributed by atoms with Gasteiger partial charge in [-0.3, -0.25) is 9.59 Å². The number of benzene rings is 1. The van der Waals surface area contributed by atoms with Gasteiger partial charge in [-0.15, -0.1) is 0 Å². The van der Waals surface area contributed by atoms with Crippen molar-refractivity contribution in [2.24, 2.45) is 5.73 Å². The first-order valence-electron chi connectivity index (χ1n) is 6.61. The van der Waals surface area contributed by atoms with Gasteiger partial charge in [-0.25, -0.2) is 0 Å². The molecule has 21 heavy (non-hydrogen) atoms. The van der Waals surface area contributed by atoms with Gasteiger partial charge in [-0.05, 0) is 18.2 Å². The fraction of sp³-hybridized carbons (Fsp3) is 0.429. The molecule has 0 aliphatic carbocycles. The van der Waals surface area contributed by atoms with Gasteiger partial charge in [-0.2, -0.15) is 0 Å². The zero-order valence-electron chi connectivity index (χ0n) is 12.1. The van der Waals surface area contributed by atoms with Crippen LogP contribution in [0.15, 0.2) is 18.2 Å².